The second-order valence-corrected chi connectivity index (χ2v) is 14.0. The lowest BCUT2D eigenvalue weighted by Gasteiger charge is -2.54. The molecule has 1 aliphatic carbocycles. The first-order chi connectivity index (χ1) is 16.5. The highest BCUT2D eigenvalue weighted by Gasteiger charge is 2.64. The molecule has 0 aromatic heterocycles. The van der Waals surface area contributed by atoms with Crippen LogP contribution in [0, 0.1) is 23.5 Å². The number of ether oxygens (including phenoxy) is 1. The number of halogens is 3. The summed E-state index contributed by atoms with van der Waals surface area (Å²) in [4.78, 5) is -0.0924. The molecule has 2 aromatic carbocycles. The van der Waals surface area contributed by atoms with Crippen molar-refractivity contribution in [1.82, 2.24) is 4.72 Å². The van der Waals surface area contributed by atoms with E-state index >= 15 is 4.39 Å². The van der Waals surface area contributed by atoms with Crippen LogP contribution in [0.5, 0.6) is 5.75 Å². The van der Waals surface area contributed by atoms with Crippen LogP contribution in [0.3, 0.4) is 0 Å². The van der Waals surface area contributed by atoms with Crippen molar-refractivity contribution in [2.75, 3.05) is 13.2 Å². The largest absolute Gasteiger partial charge is 0.490 e. The Hall–Kier alpha value is -1.79. The summed E-state index contributed by atoms with van der Waals surface area (Å²) in [7, 11) is -8.06. The summed E-state index contributed by atoms with van der Waals surface area (Å²) in [5.74, 6) is -3.60. The minimum atomic E-state index is -4.33. The standard InChI is InChI=1S/C23H24ClF2NO6S2/c24-13-1-3-14(4-2-13)34(29,30)23-9-7-20-16(11-15(8-10-28)35(31,32)27-20)17(23)12-33-22-19(26)6-5-18(25)21(22)23/h1-6,15-17,20,27-28H,7-12H2/t15-,16+,17+,20-,23+/m1/s1. The molecule has 12 heteroatoms. The average Bonchev–Trinajstić information content (AvgIpc) is 2.81. The zero-order chi connectivity index (χ0) is 25.2. The Morgan fingerprint density at radius 1 is 1.14 bits per heavy atom. The van der Waals surface area contributed by atoms with Crippen molar-refractivity contribution >= 4 is 31.5 Å². The van der Waals surface area contributed by atoms with E-state index in [4.69, 9.17) is 16.3 Å². The predicted octanol–water partition coefficient (Wildman–Crippen LogP) is 3.15. The number of benzene rings is 2. The van der Waals surface area contributed by atoms with E-state index in [-0.39, 0.29) is 49.4 Å². The van der Waals surface area contributed by atoms with E-state index in [2.05, 4.69) is 4.72 Å². The fraction of sp³-hybridized carbons (Fsp3) is 0.478. The molecule has 2 aliphatic heterocycles. The molecule has 5 rings (SSSR count). The second kappa shape index (κ2) is 8.65. The molecule has 1 saturated carbocycles. The van der Waals surface area contributed by atoms with Gasteiger partial charge in [-0.2, -0.15) is 0 Å². The third kappa shape index (κ3) is 3.69. The van der Waals surface area contributed by atoms with E-state index < -0.39 is 65.1 Å². The van der Waals surface area contributed by atoms with Gasteiger partial charge in [0, 0.05) is 23.6 Å². The van der Waals surface area contributed by atoms with Gasteiger partial charge in [-0.05, 0) is 68.0 Å². The lowest BCUT2D eigenvalue weighted by Crippen LogP contribution is -2.63. The van der Waals surface area contributed by atoms with E-state index in [1.165, 1.54) is 24.3 Å². The zero-order valence-corrected chi connectivity index (χ0v) is 20.8. The normalized spacial score (nSPS) is 31.5. The summed E-state index contributed by atoms with van der Waals surface area (Å²) in [5.41, 5.74) is -0.353. The maximum atomic E-state index is 15.4. The number of aliphatic hydroxyl groups is 1. The van der Waals surface area contributed by atoms with Crippen molar-refractivity contribution in [2.45, 2.75) is 46.6 Å². The first kappa shape index (κ1) is 24.9. The summed E-state index contributed by atoms with van der Waals surface area (Å²) in [6.45, 7) is -0.587. The number of hydrogen-bond donors (Lipinski definition) is 2. The molecule has 7 nitrogen and oxygen atoms in total. The second-order valence-electron chi connectivity index (χ2n) is 9.34. The maximum Gasteiger partial charge on any atom is 0.214 e. The fourth-order valence-corrected chi connectivity index (χ4v) is 10.5. The molecule has 5 atom stereocenters. The van der Waals surface area contributed by atoms with E-state index in [0.29, 0.717) is 5.02 Å². The molecule has 2 fully saturated rings. The van der Waals surface area contributed by atoms with Crippen molar-refractivity contribution in [3.63, 3.8) is 0 Å². The smallest absolute Gasteiger partial charge is 0.214 e. The van der Waals surface area contributed by atoms with Crippen molar-refractivity contribution in [3.05, 3.63) is 58.6 Å². The van der Waals surface area contributed by atoms with Crippen molar-refractivity contribution < 1.29 is 35.5 Å². The lowest BCUT2D eigenvalue weighted by molar-refractivity contribution is 0.0481. The van der Waals surface area contributed by atoms with Crippen LogP contribution in [0.4, 0.5) is 8.78 Å². The third-order valence-corrected chi connectivity index (χ3v) is 12.4. The van der Waals surface area contributed by atoms with Crippen LogP contribution in [-0.4, -0.2) is 46.4 Å². The van der Waals surface area contributed by atoms with Crippen molar-refractivity contribution in [3.8, 4) is 5.75 Å². The number of sulfone groups is 1. The van der Waals surface area contributed by atoms with Gasteiger partial charge in [-0.15, -0.1) is 0 Å². The number of rotatable bonds is 4. The van der Waals surface area contributed by atoms with Crippen LogP contribution in [0.25, 0.3) is 0 Å². The van der Waals surface area contributed by atoms with E-state index in [9.17, 15) is 26.3 Å². The van der Waals surface area contributed by atoms with Gasteiger partial charge in [0.05, 0.1) is 22.3 Å². The lowest BCUT2D eigenvalue weighted by atomic mass is 9.64. The van der Waals surface area contributed by atoms with E-state index in [1.807, 2.05) is 0 Å². The van der Waals surface area contributed by atoms with Gasteiger partial charge in [0.25, 0.3) is 0 Å². The first-order valence-electron chi connectivity index (χ1n) is 11.3. The third-order valence-electron chi connectivity index (χ3n) is 7.69. The van der Waals surface area contributed by atoms with Crippen molar-refractivity contribution in [1.29, 1.82) is 0 Å². The molecule has 0 amide bonds. The van der Waals surface area contributed by atoms with Gasteiger partial charge in [-0.1, -0.05) is 11.6 Å². The molecule has 35 heavy (non-hydrogen) atoms. The molecule has 2 heterocycles. The summed E-state index contributed by atoms with van der Waals surface area (Å²) in [6, 6.07) is 6.70. The molecule has 190 valence electrons. The first-order valence-corrected chi connectivity index (χ1v) is 14.7. The van der Waals surface area contributed by atoms with E-state index in [1.54, 1.807) is 0 Å². The zero-order valence-electron chi connectivity index (χ0n) is 18.5. The molecular formula is C23H24ClF2NO6S2. The van der Waals surface area contributed by atoms with Gasteiger partial charge in [0.2, 0.25) is 10.0 Å². The van der Waals surface area contributed by atoms with Crippen LogP contribution in [0.2, 0.25) is 5.02 Å². The Kier molecular flexibility index (Phi) is 6.15. The highest BCUT2D eigenvalue weighted by atomic mass is 35.5. The van der Waals surface area contributed by atoms with Gasteiger partial charge >= 0.3 is 0 Å². The molecule has 0 unspecified atom stereocenters. The summed E-state index contributed by atoms with van der Waals surface area (Å²) < 4.78 is 90.8. The summed E-state index contributed by atoms with van der Waals surface area (Å²) in [6.07, 6.45) is 0.0174. The molecule has 3 aliphatic rings. The number of nitrogens with one attached hydrogen (secondary N) is 1. The highest BCUT2D eigenvalue weighted by Crippen LogP contribution is 2.59. The van der Waals surface area contributed by atoms with Gasteiger partial charge in [0.1, 0.15) is 10.6 Å². The fourth-order valence-electron chi connectivity index (χ4n) is 6.13. The molecule has 1 saturated heterocycles. The monoisotopic (exact) mass is 547 g/mol. The van der Waals surface area contributed by atoms with E-state index in [0.717, 1.165) is 12.1 Å². The number of hydrogen-bond acceptors (Lipinski definition) is 6. The van der Waals surface area contributed by atoms with Gasteiger partial charge in [-0.25, -0.2) is 30.3 Å². The van der Waals surface area contributed by atoms with Gasteiger partial charge < -0.3 is 9.84 Å². The predicted molar refractivity (Wildman–Crippen MR) is 124 cm³/mol. The Bertz CT molecular complexity index is 1370. The minimum Gasteiger partial charge on any atom is -0.490 e. The topological polar surface area (TPSA) is 110 Å². The number of sulfonamides is 1. The molecule has 0 spiro atoms. The van der Waals surface area contributed by atoms with Crippen LogP contribution in [-0.2, 0) is 24.6 Å². The molecular weight excluding hydrogens is 524 g/mol. The molecule has 0 radical (unpaired) electrons. The SMILES string of the molecule is O=S1(=O)N[C@@H]2CC[C@@]3(S(=O)(=O)c4ccc(Cl)cc4)c4c(F)ccc(F)c4OC[C@H]3[C@@H]2C[C@H]1CCO. The Labute approximate surface area is 207 Å². The summed E-state index contributed by atoms with van der Waals surface area (Å²) in [5, 5.41) is 8.79. The van der Waals surface area contributed by atoms with Crippen LogP contribution >= 0.6 is 11.6 Å². The average molecular weight is 548 g/mol. The maximum absolute atomic E-state index is 15.4. The minimum absolute atomic E-state index is 0.0252. The Balaban J connectivity index is 1.73. The quantitative estimate of drug-likeness (QED) is 0.608. The number of fused-ring (bicyclic) bond motifs is 5. The number of aliphatic hydroxyl groups excluding tert-OH is 1. The van der Waals surface area contributed by atoms with Crippen LogP contribution in [0.15, 0.2) is 41.3 Å². The molecule has 2 aromatic rings. The van der Waals surface area contributed by atoms with Gasteiger partial charge in [-0.3, -0.25) is 0 Å². The van der Waals surface area contributed by atoms with Crippen molar-refractivity contribution in [2.24, 2.45) is 11.8 Å². The van der Waals surface area contributed by atoms with Gasteiger partial charge in [0.15, 0.2) is 21.4 Å². The Morgan fingerprint density at radius 3 is 2.51 bits per heavy atom. The molecule has 0 bridgehead atoms. The van der Waals surface area contributed by atoms with Crippen LogP contribution < -0.4 is 9.46 Å². The Morgan fingerprint density at radius 2 is 1.83 bits per heavy atom. The summed E-state index contributed by atoms with van der Waals surface area (Å²) >= 11 is 5.96. The van der Waals surface area contributed by atoms with Crippen LogP contribution in [0.1, 0.15) is 31.2 Å². The molecule has 2 N–H and O–H groups in total. The highest BCUT2D eigenvalue weighted by molar-refractivity contribution is 7.92.